The molecule has 2 heterocycles. The largest absolute Gasteiger partial charge is 0.508 e. The quantitative estimate of drug-likeness (QED) is 0.510. The standard InChI is InChI=1S/C14H13N3O2S/c1-20-14-16-11-9(7-15-12(11)13(19)17-14)6-8-2-4-10(18)5-3-8/h2-5,7,15,18H,6H2,1H3,(H,16,17,19). The van der Waals surface area contributed by atoms with Gasteiger partial charge in [0.1, 0.15) is 16.8 Å². The number of thioether (sulfide) groups is 1. The summed E-state index contributed by atoms with van der Waals surface area (Å²) < 4.78 is 0. The van der Waals surface area contributed by atoms with Crippen LogP contribution in [-0.4, -0.2) is 26.3 Å². The molecule has 3 N–H and O–H groups in total. The van der Waals surface area contributed by atoms with Crippen molar-refractivity contribution in [1.82, 2.24) is 15.0 Å². The lowest BCUT2D eigenvalue weighted by Gasteiger charge is -2.01. The lowest BCUT2D eigenvalue weighted by atomic mass is 10.1. The van der Waals surface area contributed by atoms with Gasteiger partial charge >= 0.3 is 0 Å². The van der Waals surface area contributed by atoms with Gasteiger partial charge in [-0.15, -0.1) is 0 Å². The number of phenols is 1. The summed E-state index contributed by atoms with van der Waals surface area (Å²) in [5, 5.41) is 9.90. The Labute approximate surface area is 119 Å². The molecule has 0 spiro atoms. The second-order valence-corrected chi connectivity index (χ2v) is 5.25. The van der Waals surface area contributed by atoms with E-state index in [1.165, 1.54) is 11.8 Å². The number of nitrogens with zero attached hydrogens (tertiary/aromatic N) is 1. The molecule has 0 aliphatic rings. The van der Waals surface area contributed by atoms with E-state index in [0.29, 0.717) is 22.6 Å². The summed E-state index contributed by atoms with van der Waals surface area (Å²) in [5.74, 6) is 0.243. The maximum Gasteiger partial charge on any atom is 0.275 e. The molecule has 0 aliphatic heterocycles. The molecule has 0 saturated carbocycles. The minimum absolute atomic E-state index is 0.156. The molecule has 0 bridgehead atoms. The van der Waals surface area contributed by atoms with Crippen LogP contribution in [0.5, 0.6) is 5.75 Å². The molecule has 0 unspecified atom stereocenters. The number of aromatic hydroxyl groups is 1. The number of fused-ring (bicyclic) bond motifs is 1. The van der Waals surface area contributed by atoms with Gasteiger partial charge in [0, 0.05) is 18.2 Å². The summed E-state index contributed by atoms with van der Waals surface area (Å²) >= 11 is 1.40. The predicted molar refractivity (Wildman–Crippen MR) is 79.4 cm³/mol. The molecule has 5 nitrogen and oxygen atoms in total. The molecule has 1 aromatic carbocycles. The van der Waals surface area contributed by atoms with Gasteiger partial charge in [-0.2, -0.15) is 0 Å². The first-order valence-corrected chi connectivity index (χ1v) is 7.32. The van der Waals surface area contributed by atoms with Gasteiger partial charge in [0.15, 0.2) is 5.16 Å². The number of hydrogen-bond donors (Lipinski definition) is 3. The topological polar surface area (TPSA) is 81.8 Å². The second kappa shape index (κ2) is 5.05. The monoisotopic (exact) mass is 287 g/mol. The second-order valence-electron chi connectivity index (χ2n) is 4.46. The van der Waals surface area contributed by atoms with E-state index in [2.05, 4.69) is 15.0 Å². The number of rotatable bonds is 3. The van der Waals surface area contributed by atoms with Gasteiger partial charge < -0.3 is 10.1 Å². The maximum atomic E-state index is 11.9. The molecule has 3 rings (SSSR count). The first-order valence-electron chi connectivity index (χ1n) is 6.09. The SMILES string of the molecule is CSc1nc2c(Cc3ccc(O)cc3)c[nH]c2c(=O)[nH]1. The van der Waals surface area contributed by atoms with Crippen LogP contribution < -0.4 is 5.56 Å². The van der Waals surface area contributed by atoms with Crippen molar-refractivity contribution in [2.45, 2.75) is 11.6 Å². The Hall–Kier alpha value is -2.21. The Morgan fingerprint density at radius 2 is 2.05 bits per heavy atom. The van der Waals surface area contributed by atoms with E-state index < -0.39 is 0 Å². The number of phenolic OH excluding ortho intramolecular Hbond substituents is 1. The van der Waals surface area contributed by atoms with E-state index in [1.807, 2.05) is 24.6 Å². The van der Waals surface area contributed by atoms with E-state index >= 15 is 0 Å². The van der Waals surface area contributed by atoms with Crippen molar-refractivity contribution in [3.05, 3.63) is 51.9 Å². The fraction of sp³-hybridized carbons (Fsp3) is 0.143. The van der Waals surface area contributed by atoms with Crippen LogP contribution in [-0.2, 0) is 6.42 Å². The summed E-state index contributed by atoms with van der Waals surface area (Å²) in [6, 6.07) is 7.02. The normalized spacial score (nSPS) is 11.1. The average molecular weight is 287 g/mol. The van der Waals surface area contributed by atoms with Crippen LogP contribution in [0, 0.1) is 0 Å². The Balaban J connectivity index is 2.05. The zero-order valence-electron chi connectivity index (χ0n) is 10.8. The molecular weight excluding hydrogens is 274 g/mol. The molecule has 0 fully saturated rings. The van der Waals surface area contributed by atoms with Crippen LogP contribution in [0.1, 0.15) is 11.1 Å². The Bertz CT molecular complexity index is 805. The highest BCUT2D eigenvalue weighted by atomic mass is 32.2. The summed E-state index contributed by atoms with van der Waals surface area (Å²) in [6.07, 6.45) is 4.34. The van der Waals surface area contributed by atoms with Crippen LogP contribution in [0.4, 0.5) is 0 Å². The molecule has 0 saturated heterocycles. The fourth-order valence-electron chi connectivity index (χ4n) is 2.11. The summed E-state index contributed by atoms with van der Waals surface area (Å²) in [4.78, 5) is 22.0. The Morgan fingerprint density at radius 1 is 1.30 bits per heavy atom. The van der Waals surface area contributed by atoms with E-state index in [4.69, 9.17) is 0 Å². The highest BCUT2D eigenvalue weighted by molar-refractivity contribution is 7.98. The third-order valence-corrected chi connectivity index (χ3v) is 3.70. The van der Waals surface area contributed by atoms with Crippen LogP contribution in [0.25, 0.3) is 11.0 Å². The molecule has 6 heteroatoms. The van der Waals surface area contributed by atoms with E-state index in [0.717, 1.165) is 11.1 Å². The number of hydrogen-bond acceptors (Lipinski definition) is 4. The molecule has 20 heavy (non-hydrogen) atoms. The first-order chi connectivity index (χ1) is 9.67. The molecule has 0 atom stereocenters. The van der Waals surface area contributed by atoms with Gasteiger partial charge in [-0.25, -0.2) is 4.98 Å². The summed E-state index contributed by atoms with van der Waals surface area (Å²) in [7, 11) is 0. The number of nitrogens with one attached hydrogen (secondary N) is 2. The van der Waals surface area contributed by atoms with Crippen LogP contribution in [0.15, 0.2) is 40.4 Å². The molecule has 2 aromatic heterocycles. The molecule has 0 radical (unpaired) electrons. The van der Waals surface area contributed by atoms with Crippen LogP contribution >= 0.6 is 11.8 Å². The van der Waals surface area contributed by atoms with E-state index in [-0.39, 0.29) is 11.3 Å². The van der Waals surface area contributed by atoms with Gasteiger partial charge in [0.05, 0.1) is 0 Å². The van der Waals surface area contributed by atoms with Gasteiger partial charge in [-0.05, 0) is 24.0 Å². The van der Waals surface area contributed by atoms with Crippen molar-refractivity contribution in [1.29, 1.82) is 0 Å². The highest BCUT2D eigenvalue weighted by Gasteiger charge is 2.10. The molecular formula is C14H13N3O2S. The van der Waals surface area contributed by atoms with E-state index in [9.17, 15) is 9.90 Å². The van der Waals surface area contributed by atoms with Crippen molar-refractivity contribution in [2.75, 3.05) is 6.26 Å². The van der Waals surface area contributed by atoms with Crippen molar-refractivity contribution in [3.63, 3.8) is 0 Å². The van der Waals surface area contributed by atoms with E-state index in [1.54, 1.807) is 12.1 Å². The summed E-state index contributed by atoms with van der Waals surface area (Å²) in [5.41, 5.74) is 3.06. The van der Waals surface area contributed by atoms with Crippen LogP contribution in [0.2, 0.25) is 0 Å². The summed E-state index contributed by atoms with van der Waals surface area (Å²) in [6.45, 7) is 0. The zero-order chi connectivity index (χ0) is 14.1. The van der Waals surface area contributed by atoms with Crippen LogP contribution in [0.3, 0.4) is 0 Å². The average Bonchev–Trinajstić information content (AvgIpc) is 2.85. The Kier molecular flexibility index (Phi) is 3.23. The molecule has 102 valence electrons. The minimum Gasteiger partial charge on any atom is -0.508 e. The van der Waals surface area contributed by atoms with Crippen molar-refractivity contribution >= 4 is 22.8 Å². The highest BCUT2D eigenvalue weighted by Crippen LogP contribution is 2.20. The predicted octanol–water partition coefficient (Wildman–Crippen LogP) is 2.27. The number of aromatic amines is 2. The van der Waals surface area contributed by atoms with Gasteiger partial charge in [-0.3, -0.25) is 9.78 Å². The Morgan fingerprint density at radius 3 is 2.75 bits per heavy atom. The third kappa shape index (κ3) is 2.30. The lowest BCUT2D eigenvalue weighted by molar-refractivity contribution is 0.475. The first kappa shape index (κ1) is 12.8. The molecule has 3 aromatic rings. The maximum absolute atomic E-state index is 11.9. The van der Waals surface area contributed by atoms with Gasteiger partial charge in [0.25, 0.3) is 5.56 Å². The van der Waals surface area contributed by atoms with Crippen molar-refractivity contribution in [3.8, 4) is 5.75 Å². The molecule has 0 aliphatic carbocycles. The fourth-order valence-corrected chi connectivity index (χ4v) is 2.49. The molecule has 0 amide bonds. The smallest absolute Gasteiger partial charge is 0.275 e. The third-order valence-electron chi connectivity index (χ3n) is 3.12. The van der Waals surface area contributed by atoms with Crippen molar-refractivity contribution in [2.24, 2.45) is 0 Å². The van der Waals surface area contributed by atoms with Gasteiger partial charge in [0.2, 0.25) is 0 Å². The number of aromatic nitrogens is 3. The van der Waals surface area contributed by atoms with Gasteiger partial charge in [-0.1, -0.05) is 23.9 Å². The lowest BCUT2D eigenvalue weighted by Crippen LogP contribution is -2.08. The number of benzene rings is 1. The zero-order valence-corrected chi connectivity index (χ0v) is 11.6. The van der Waals surface area contributed by atoms with Crippen molar-refractivity contribution < 1.29 is 5.11 Å². The minimum atomic E-state index is -0.156. The number of H-pyrrole nitrogens is 2.